The summed E-state index contributed by atoms with van der Waals surface area (Å²) in [4.78, 5) is 14.0. The molecule has 0 amide bonds. The summed E-state index contributed by atoms with van der Waals surface area (Å²) in [6.45, 7) is 1.18. The zero-order valence-corrected chi connectivity index (χ0v) is 5.54. The molecule has 0 aromatic carbocycles. The largest absolute Gasteiger partial charge is 0.433 e. The molecule has 0 saturated carbocycles. The predicted octanol–water partition coefficient (Wildman–Crippen LogP) is 1.03. The Hall–Kier alpha value is -1.20. The lowest BCUT2D eigenvalue weighted by Gasteiger charge is -2.02. The molecule has 6 heteroatoms. The molecule has 0 aliphatic carbocycles. The minimum atomic E-state index is -4.48. The van der Waals surface area contributed by atoms with Crippen LogP contribution in [-0.4, -0.2) is 9.97 Å². The molecule has 0 aliphatic rings. The van der Waals surface area contributed by atoms with E-state index in [0.29, 0.717) is 0 Å². The van der Waals surface area contributed by atoms with E-state index < -0.39 is 17.6 Å². The smallest absolute Gasteiger partial charge is 0.310 e. The Morgan fingerprint density at radius 3 is 2.00 bits per heavy atom. The van der Waals surface area contributed by atoms with Crippen LogP contribution in [0.3, 0.4) is 0 Å². The van der Waals surface area contributed by atoms with E-state index in [1.54, 1.807) is 4.98 Å². The van der Waals surface area contributed by atoms with Crippen LogP contribution in [0.2, 0.25) is 0 Å². The maximum Gasteiger partial charge on any atom is 0.433 e. The number of imidazole rings is 1. The summed E-state index contributed by atoms with van der Waals surface area (Å²) in [5.41, 5.74) is -2.04. The zero-order chi connectivity index (χ0) is 8.65. The third kappa shape index (κ3) is 1.44. The number of halogens is 3. The van der Waals surface area contributed by atoms with Gasteiger partial charge in [-0.2, -0.15) is 13.2 Å². The van der Waals surface area contributed by atoms with Crippen LogP contribution in [0.5, 0.6) is 0 Å². The van der Waals surface area contributed by atoms with Gasteiger partial charge in [0.2, 0.25) is 0 Å². The lowest BCUT2D eigenvalue weighted by molar-refractivity contribution is -0.141. The minimum Gasteiger partial charge on any atom is -0.310 e. The molecular weight excluding hydrogens is 161 g/mol. The van der Waals surface area contributed by atoms with Crippen molar-refractivity contribution < 1.29 is 13.2 Å². The summed E-state index contributed by atoms with van der Waals surface area (Å²) in [5.74, 6) is 0. The average Bonchev–Trinajstić information content (AvgIpc) is 2.08. The Balaban J connectivity index is 3.24. The Kier molecular flexibility index (Phi) is 1.54. The third-order valence-corrected chi connectivity index (χ3v) is 1.20. The van der Waals surface area contributed by atoms with Crippen molar-refractivity contribution in [2.24, 2.45) is 0 Å². The van der Waals surface area contributed by atoms with Gasteiger partial charge in [0.1, 0.15) is 5.69 Å². The number of nitrogens with one attached hydrogen (secondary N) is 2. The number of hydrogen-bond donors (Lipinski definition) is 2. The standard InChI is InChI=1S/C5H5F3N2O/c1-2-3(5(6,7)8)10-4(11)9-2/h1H3,(H2,9,10,11). The molecule has 62 valence electrons. The molecule has 11 heavy (non-hydrogen) atoms. The summed E-state index contributed by atoms with van der Waals surface area (Å²) in [5, 5.41) is 0. The molecule has 0 atom stereocenters. The Bertz CT molecular complexity index is 308. The van der Waals surface area contributed by atoms with Gasteiger partial charge in [-0.15, -0.1) is 0 Å². The van der Waals surface area contributed by atoms with Gasteiger partial charge in [-0.1, -0.05) is 0 Å². The number of aryl methyl sites for hydroxylation is 1. The lowest BCUT2D eigenvalue weighted by Crippen LogP contribution is -2.09. The van der Waals surface area contributed by atoms with E-state index in [1.807, 2.05) is 4.98 Å². The van der Waals surface area contributed by atoms with E-state index in [1.165, 1.54) is 6.92 Å². The highest BCUT2D eigenvalue weighted by Gasteiger charge is 2.34. The summed E-state index contributed by atoms with van der Waals surface area (Å²) in [6, 6.07) is 0. The second-order valence-corrected chi connectivity index (χ2v) is 2.08. The zero-order valence-electron chi connectivity index (χ0n) is 5.54. The molecule has 0 bridgehead atoms. The highest BCUT2D eigenvalue weighted by Crippen LogP contribution is 2.28. The monoisotopic (exact) mass is 166 g/mol. The number of H-pyrrole nitrogens is 2. The molecule has 0 spiro atoms. The molecule has 0 aliphatic heterocycles. The van der Waals surface area contributed by atoms with Crippen molar-refractivity contribution in [2.75, 3.05) is 0 Å². The van der Waals surface area contributed by atoms with Crippen LogP contribution in [0, 0.1) is 6.92 Å². The van der Waals surface area contributed by atoms with Crippen LogP contribution in [0.25, 0.3) is 0 Å². The van der Waals surface area contributed by atoms with Gasteiger partial charge in [0.25, 0.3) is 0 Å². The van der Waals surface area contributed by atoms with Gasteiger partial charge in [0, 0.05) is 5.69 Å². The van der Waals surface area contributed by atoms with Gasteiger partial charge in [0.15, 0.2) is 0 Å². The van der Waals surface area contributed by atoms with Crippen molar-refractivity contribution in [3.63, 3.8) is 0 Å². The van der Waals surface area contributed by atoms with Crippen molar-refractivity contribution in [3.05, 3.63) is 21.9 Å². The van der Waals surface area contributed by atoms with Crippen molar-refractivity contribution in [3.8, 4) is 0 Å². The first-order chi connectivity index (χ1) is 4.91. The van der Waals surface area contributed by atoms with E-state index in [0.717, 1.165) is 0 Å². The van der Waals surface area contributed by atoms with Gasteiger partial charge in [0.05, 0.1) is 0 Å². The number of aromatic amines is 2. The van der Waals surface area contributed by atoms with Crippen molar-refractivity contribution >= 4 is 0 Å². The molecular formula is C5H5F3N2O. The first kappa shape index (κ1) is 7.90. The Morgan fingerprint density at radius 1 is 1.27 bits per heavy atom. The fourth-order valence-corrected chi connectivity index (χ4v) is 0.755. The van der Waals surface area contributed by atoms with Gasteiger partial charge < -0.3 is 9.97 Å². The van der Waals surface area contributed by atoms with E-state index in [4.69, 9.17) is 0 Å². The first-order valence-electron chi connectivity index (χ1n) is 2.77. The maximum atomic E-state index is 11.9. The van der Waals surface area contributed by atoms with E-state index >= 15 is 0 Å². The van der Waals surface area contributed by atoms with Crippen LogP contribution in [-0.2, 0) is 6.18 Å². The second-order valence-electron chi connectivity index (χ2n) is 2.08. The number of aromatic nitrogens is 2. The van der Waals surface area contributed by atoms with Gasteiger partial charge in [-0.25, -0.2) is 4.79 Å². The summed E-state index contributed by atoms with van der Waals surface area (Å²) >= 11 is 0. The Morgan fingerprint density at radius 2 is 1.82 bits per heavy atom. The molecule has 0 unspecified atom stereocenters. The van der Waals surface area contributed by atoms with Crippen molar-refractivity contribution in [1.82, 2.24) is 9.97 Å². The number of hydrogen-bond acceptors (Lipinski definition) is 1. The maximum absolute atomic E-state index is 11.9. The summed E-state index contributed by atoms with van der Waals surface area (Å²) in [6.07, 6.45) is -4.48. The molecule has 2 N–H and O–H groups in total. The summed E-state index contributed by atoms with van der Waals surface area (Å²) in [7, 11) is 0. The lowest BCUT2D eigenvalue weighted by atomic mass is 10.3. The van der Waals surface area contributed by atoms with Gasteiger partial charge in [-0.3, -0.25) is 0 Å². The minimum absolute atomic E-state index is 0.192. The first-order valence-corrected chi connectivity index (χ1v) is 2.77. The fourth-order valence-electron chi connectivity index (χ4n) is 0.755. The quantitative estimate of drug-likeness (QED) is 0.594. The number of rotatable bonds is 0. The highest BCUT2D eigenvalue weighted by atomic mass is 19.4. The van der Waals surface area contributed by atoms with Crippen LogP contribution in [0.4, 0.5) is 13.2 Å². The normalized spacial score (nSPS) is 12.0. The van der Waals surface area contributed by atoms with Crippen molar-refractivity contribution in [2.45, 2.75) is 13.1 Å². The second kappa shape index (κ2) is 2.14. The predicted molar refractivity (Wildman–Crippen MR) is 31.2 cm³/mol. The van der Waals surface area contributed by atoms with Crippen LogP contribution >= 0.6 is 0 Å². The van der Waals surface area contributed by atoms with Crippen LogP contribution < -0.4 is 5.69 Å². The summed E-state index contributed by atoms with van der Waals surface area (Å²) < 4.78 is 35.6. The molecule has 1 aromatic heterocycles. The molecule has 0 radical (unpaired) electrons. The fraction of sp³-hybridized carbons (Fsp3) is 0.400. The van der Waals surface area contributed by atoms with Crippen LogP contribution in [0.1, 0.15) is 11.4 Å². The molecule has 1 rings (SSSR count). The molecule has 1 aromatic rings. The Labute approximate surface area is 59.2 Å². The van der Waals surface area contributed by atoms with Gasteiger partial charge >= 0.3 is 11.9 Å². The molecule has 1 heterocycles. The highest BCUT2D eigenvalue weighted by molar-refractivity contribution is 5.12. The van der Waals surface area contributed by atoms with Gasteiger partial charge in [-0.05, 0) is 6.92 Å². The SMILES string of the molecule is Cc1[nH]c(=O)[nH]c1C(F)(F)F. The van der Waals surface area contributed by atoms with E-state index in [-0.39, 0.29) is 5.69 Å². The van der Waals surface area contributed by atoms with E-state index in [9.17, 15) is 18.0 Å². The molecule has 3 nitrogen and oxygen atoms in total. The van der Waals surface area contributed by atoms with Crippen LogP contribution in [0.15, 0.2) is 4.79 Å². The van der Waals surface area contributed by atoms with E-state index in [2.05, 4.69) is 0 Å². The molecule has 0 fully saturated rings. The third-order valence-electron chi connectivity index (χ3n) is 1.20. The topological polar surface area (TPSA) is 48.6 Å². The van der Waals surface area contributed by atoms with Crippen molar-refractivity contribution in [1.29, 1.82) is 0 Å². The molecule has 0 saturated heterocycles. The number of alkyl halides is 3. The average molecular weight is 166 g/mol.